The molecule has 0 aliphatic rings. The molecule has 1 aromatic carbocycles. The van der Waals surface area contributed by atoms with Crippen molar-refractivity contribution < 1.29 is 4.79 Å². The number of hydrogen-bond acceptors (Lipinski definition) is 2. The molecule has 0 saturated carbocycles. The summed E-state index contributed by atoms with van der Waals surface area (Å²) in [6.07, 6.45) is 1.68. The molecule has 3 nitrogen and oxygen atoms in total. The van der Waals surface area contributed by atoms with Gasteiger partial charge in [-0.15, -0.1) is 6.58 Å². The van der Waals surface area contributed by atoms with Gasteiger partial charge in [-0.25, -0.2) is 0 Å². The van der Waals surface area contributed by atoms with Gasteiger partial charge in [0, 0.05) is 19.3 Å². The first-order chi connectivity index (χ1) is 8.06. The van der Waals surface area contributed by atoms with Crippen molar-refractivity contribution in [3.8, 4) is 0 Å². The van der Waals surface area contributed by atoms with Gasteiger partial charge in [0.1, 0.15) is 0 Å². The van der Waals surface area contributed by atoms with Crippen LogP contribution in [0.1, 0.15) is 11.1 Å². The van der Waals surface area contributed by atoms with Gasteiger partial charge in [0.2, 0.25) is 5.91 Å². The maximum atomic E-state index is 11.6. The summed E-state index contributed by atoms with van der Waals surface area (Å²) >= 11 is 0. The monoisotopic (exact) mass is 232 g/mol. The Balaban J connectivity index is 2.69. The lowest BCUT2D eigenvalue weighted by molar-refractivity contribution is -0.119. The zero-order valence-electron chi connectivity index (χ0n) is 10.8. The fraction of sp³-hybridized carbons (Fsp3) is 0.357. The Hall–Kier alpha value is -1.77. The summed E-state index contributed by atoms with van der Waals surface area (Å²) in [5, 5.41) is 2.77. The number of hydrogen-bond donors (Lipinski definition) is 1. The number of carbonyl (C=O) groups is 1. The molecule has 1 aromatic rings. The van der Waals surface area contributed by atoms with Gasteiger partial charge in [-0.05, 0) is 31.0 Å². The van der Waals surface area contributed by atoms with Gasteiger partial charge in [-0.2, -0.15) is 0 Å². The fourth-order valence-corrected chi connectivity index (χ4v) is 1.69. The topological polar surface area (TPSA) is 32.3 Å². The Labute approximate surface area is 103 Å². The molecule has 0 aromatic heterocycles. The highest BCUT2D eigenvalue weighted by Gasteiger charge is 2.09. The summed E-state index contributed by atoms with van der Waals surface area (Å²) in [4.78, 5) is 13.5. The highest BCUT2D eigenvalue weighted by atomic mass is 16.2. The van der Waals surface area contributed by atoms with E-state index in [1.165, 1.54) is 11.1 Å². The molecular formula is C14H20N2O. The zero-order valence-corrected chi connectivity index (χ0v) is 10.8. The fourth-order valence-electron chi connectivity index (χ4n) is 1.69. The van der Waals surface area contributed by atoms with E-state index in [1.54, 1.807) is 6.08 Å². The lowest BCUT2D eigenvalue weighted by Gasteiger charge is -2.21. The Kier molecular flexibility index (Phi) is 4.76. The molecule has 0 fully saturated rings. The summed E-state index contributed by atoms with van der Waals surface area (Å²) in [6, 6.07) is 6.11. The van der Waals surface area contributed by atoms with Crippen LogP contribution in [0.3, 0.4) is 0 Å². The average molecular weight is 232 g/mol. The second-order valence-electron chi connectivity index (χ2n) is 4.17. The van der Waals surface area contributed by atoms with E-state index in [9.17, 15) is 4.79 Å². The van der Waals surface area contributed by atoms with E-state index in [4.69, 9.17) is 0 Å². The number of nitrogens with zero attached hydrogens (tertiary/aromatic N) is 1. The molecule has 0 bridgehead atoms. The van der Waals surface area contributed by atoms with E-state index in [0.717, 1.165) is 5.69 Å². The molecule has 0 unspecified atom stereocenters. The van der Waals surface area contributed by atoms with Gasteiger partial charge in [0.25, 0.3) is 0 Å². The number of anilines is 1. The summed E-state index contributed by atoms with van der Waals surface area (Å²) in [5.41, 5.74) is 3.55. The van der Waals surface area contributed by atoms with Crippen LogP contribution in [0.5, 0.6) is 0 Å². The van der Waals surface area contributed by atoms with Crippen LogP contribution in [0.4, 0.5) is 5.69 Å². The molecule has 3 heteroatoms. The normalized spacial score (nSPS) is 9.82. The third-order valence-corrected chi connectivity index (χ3v) is 2.81. The molecule has 1 N–H and O–H groups in total. The van der Waals surface area contributed by atoms with Crippen LogP contribution in [0.2, 0.25) is 0 Å². The molecule has 0 radical (unpaired) electrons. The van der Waals surface area contributed by atoms with Crippen LogP contribution in [0.15, 0.2) is 30.9 Å². The Bertz CT molecular complexity index is 413. The third-order valence-electron chi connectivity index (χ3n) is 2.81. The summed E-state index contributed by atoms with van der Waals surface area (Å²) < 4.78 is 0. The van der Waals surface area contributed by atoms with Crippen molar-refractivity contribution in [2.45, 2.75) is 13.8 Å². The lowest BCUT2D eigenvalue weighted by atomic mass is 10.1. The first-order valence-electron chi connectivity index (χ1n) is 5.71. The van der Waals surface area contributed by atoms with Crippen molar-refractivity contribution in [3.63, 3.8) is 0 Å². The number of carbonyl (C=O) groups excluding carboxylic acids is 1. The van der Waals surface area contributed by atoms with Gasteiger partial charge in [0.05, 0.1) is 6.54 Å². The molecule has 0 aliphatic heterocycles. The van der Waals surface area contributed by atoms with E-state index in [0.29, 0.717) is 13.1 Å². The van der Waals surface area contributed by atoms with Crippen LogP contribution < -0.4 is 10.2 Å². The van der Waals surface area contributed by atoms with Crippen LogP contribution >= 0.6 is 0 Å². The number of rotatable bonds is 5. The minimum absolute atomic E-state index is 0.00769. The van der Waals surface area contributed by atoms with E-state index in [2.05, 4.69) is 31.8 Å². The van der Waals surface area contributed by atoms with Gasteiger partial charge in [0.15, 0.2) is 0 Å². The van der Waals surface area contributed by atoms with E-state index in [1.807, 2.05) is 24.1 Å². The Morgan fingerprint density at radius 1 is 1.47 bits per heavy atom. The number of amides is 1. The molecule has 1 amide bonds. The van der Waals surface area contributed by atoms with Crippen LogP contribution in [0, 0.1) is 13.8 Å². The van der Waals surface area contributed by atoms with Gasteiger partial charge in [-0.1, -0.05) is 18.2 Å². The maximum absolute atomic E-state index is 11.6. The van der Waals surface area contributed by atoms with Gasteiger partial charge >= 0.3 is 0 Å². The zero-order chi connectivity index (χ0) is 12.8. The minimum Gasteiger partial charge on any atom is -0.365 e. The molecule has 0 spiro atoms. The molecule has 92 valence electrons. The van der Waals surface area contributed by atoms with Crippen LogP contribution in [0.25, 0.3) is 0 Å². The molecule has 0 heterocycles. The second-order valence-corrected chi connectivity index (χ2v) is 4.17. The number of nitrogens with one attached hydrogen (secondary N) is 1. The smallest absolute Gasteiger partial charge is 0.239 e. The summed E-state index contributed by atoms with van der Waals surface area (Å²) in [7, 11) is 1.93. The van der Waals surface area contributed by atoms with E-state index < -0.39 is 0 Å². The molecule has 0 saturated heterocycles. The number of aryl methyl sites for hydroxylation is 1. The SMILES string of the molecule is C=CCNC(=O)CN(C)c1cccc(C)c1C. The molecule has 0 aliphatic carbocycles. The minimum atomic E-state index is 0.00769. The summed E-state index contributed by atoms with van der Waals surface area (Å²) in [6.45, 7) is 8.59. The van der Waals surface area contributed by atoms with E-state index in [-0.39, 0.29) is 5.91 Å². The lowest BCUT2D eigenvalue weighted by Crippen LogP contribution is -2.35. The molecule has 17 heavy (non-hydrogen) atoms. The second kappa shape index (κ2) is 6.09. The average Bonchev–Trinajstić information content (AvgIpc) is 2.29. The van der Waals surface area contributed by atoms with Crippen molar-refractivity contribution in [1.82, 2.24) is 5.32 Å². The number of benzene rings is 1. The van der Waals surface area contributed by atoms with Crippen LogP contribution in [-0.4, -0.2) is 26.0 Å². The molecule has 0 atom stereocenters. The summed E-state index contributed by atoms with van der Waals surface area (Å²) in [5.74, 6) is 0.00769. The highest BCUT2D eigenvalue weighted by molar-refractivity contribution is 5.81. The number of likely N-dealkylation sites (N-methyl/N-ethyl adjacent to an activating group) is 1. The van der Waals surface area contributed by atoms with Crippen molar-refractivity contribution >= 4 is 11.6 Å². The van der Waals surface area contributed by atoms with Crippen molar-refractivity contribution in [2.75, 3.05) is 25.0 Å². The first kappa shape index (κ1) is 13.3. The molecular weight excluding hydrogens is 212 g/mol. The highest BCUT2D eigenvalue weighted by Crippen LogP contribution is 2.21. The largest absolute Gasteiger partial charge is 0.365 e. The third kappa shape index (κ3) is 3.63. The van der Waals surface area contributed by atoms with Crippen molar-refractivity contribution in [1.29, 1.82) is 0 Å². The quantitative estimate of drug-likeness (QED) is 0.788. The van der Waals surface area contributed by atoms with Crippen molar-refractivity contribution in [2.24, 2.45) is 0 Å². The van der Waals surface area contributed by atoms with Crippen molar-refractivity contribution in [3.05, 3.63) is 42.0 Å². The Morgan fingerprint density at radius 2 is 2.18 bits per heavy atom. The first-order valence-corrected chi connectivity index (χ1v) is 5.71. The predicted molar refractivity (Wildman–Crippen MR) is 72.4 cm³/mol. The predicted octanol–water partition coefficient (Wildman–Crippen LogP) is 2.04. The standard InChI is InChI=1S/C14H20N2O/c1-5-9-15-14(17)10-16(4)13-8-6-7-11(2)12(13)3/h5-8H,1,9-10H2,2-4H3,(H,15,17). The Morgan fingerprint density at radius 3 is 2.82 bits per heavy atom. The molecule has 1 rings (SSSR count). The maximum Gasteiger partial charge on any atom is 0.239 e. The van der Waals surface area contributed by atoms with E-state index >= 15 is 0 Å². The van der Waals surface area contributed by atoms with Gasteiger partial charge in [-0.3, -0.25) is 4.79 Å². The van der Waals surface area contributed by atoms with Gasteiger partial charge < -0.3 is 10.2 Å². The van der Waals surface area contributed by atoms with Crippen LogP contribution in [-0.2, 0) is 4.79 Å².